The molecule has 3 aromatic carbocycles. The molecule has 9 heteroatoms. The highest BCUT2D eigenvalue weighted by Crippen LogP contribution is 2.54. The zero-order chi connectivity index (χ0) is 27.5. The van der Waals surface area contributed by atoms with Crippen molar-refractivity contribution in [3.8, 4) is 0 Å². The number of hydrogen-bond donors (Lipinski definition) is 2. The molecule has 1 saturated heterocycles. The van der Waals surface area contributed by atoms with E-state index in [4.69, 9.17) is 9.15 Å². The van der Waals surface area contributed by atoms with E-state index in [1.54, 1.807) is 42.5 Å². The molecule has 1 spiro atoms. The molecule has 2 aliphatic rings. The van der Waals surface area contributed by atoms with Gasteiger partial charge in [0.15, 0.2) is 5.78 Å². The number of furan rings is 1. The number of carboxylic acids is 1. The Kier molecular flexibility index (Phi) is 5.55. The lowest BCUT2D eigenvalue weighted by Gasteiger charge is -2.25. The molecule has 3 unspecified atom stereocenters. The van der Waals surface area contributed by atoms with Gasteiger partial charge >= 0.3 is 5.97 Å². The van der Waals surface area contributed by atoms with Crippen LogP contribution in [0.5, 0.6) is 0 Å². The van der Waals surface area contributed by atoms with Crippen LogP contribution in [-0.4, -0.2) is 39.9 Å². The number of carbonyl (C=O) groups excluding carboxylic acids is 4. The number of ketones is 3. The highest BCUT2D eigenvalue weighted by atomic mass is 16.5. The molecule has 194 valence electrons. The fourth-order valence-corrected chi connectivity index (χ4v) is 5.55. The van der Waals surface area contributed by atoms with E-state index in [2.05, 4.69) is 5.32 Å². The number of anilines is 1. The van der Waals surface area contributed by atoms with Crippen LogP contribution in [-0.2, 0) is 14.3 Å². The summed E-state index contributed by atoms with van der Waals surface area (Å²) in [6.07, 6.45) is -1.36. The van der Waals surface area contributed by atoms with Crippen molar-refractivity contribution in [2.24, 2.45) is 11.8 Å². The number of aliphatic carboxylic acids is 1. The Bertz CT molecular complexity index is 1630. The van der Waals surface area contributed by atoms with E-state index in [1.165, 1.54) is 43.3 Å². The third-order valence-corrected chi connectivity index (χ3v) is 7.38. The number of Topliss-reactive ketones (excluding diaryl/α,β-unsaturated/α-hetero) is 3. The number of nitrogens with one attached hydrogen (secondary N) is 1. The number of carbonyl (C=O) groups is 5. The Balaban J connectivity index is 1.48. The number of hydrogen-bond acceptors (Lipinski definition) is 7. The zero-order valence-electron chi connectivity index (χ0n) is 20.5. The second-order valence-corrected chi connectivity index (χ2v) is 9.63. The molecular weight excluding hydrogens is 502 g/mol. The first-order chi connectivity index (χ1) is 18.7. The standard InChI is InChI=1S/C30H21NO8/c1-15(32)16-10-12-18(13-11-16)31-28(35)23-24(29(36)37)30(26(33)19-7-3-4-8-20(19)27(30)34)39-25(23)22-14-17-6-2-5-9-21(17)38-22/h2-14,23-25H,1H3,(H,31,35)(H,36,37). The van der Waals surface area contributed by atoms with Crippen LogP contribution >= 0.6 is 0 Å². The molecular formula is C30H21NO8. The number of benzene rings is 3. The largest absolute Gasteiger partial charge is 0.481 e. The molecule has 0 bridgehead atoms. The minimum Gasteiger partial charge on any atom is -0.481 e. The molecule has 0 radical (unpaired) electrons. The van der Waals surface area contributed by atoms with Crippen molar-refractivity contribution in [3.05, 3.63) is 101 Å². The molecule has 3 atom stereocenters. The number of para-hydroxylation sites is 1. The van der Waals surface area contributed by atoms with Gasteiger partial charge in [0.25, 0.3) is 0 Å². The average molecular weight is 523 g/mol. The Morgan fingerprint density at radius 1 is 0.872 bits per heavy atom. The fraction of sp³-hybridized carbons (Fsp3) is 0.167. The Labute approximate surface area is 221 Å². The van der Waals surface area contributed by atoms with E-state index in [-0.39, 0.29) is 22.7 Å². The first kappa shape index (κ1) is 24.4. The zero-order valence-corrected chi connectivity index (χ0v) is 20.5. The summed E-state index contributed by atoms with van der Waals surface area (Å²) in [4.78, 5) is 65.7. The number of amides is 1. The molecule has 9 nitrogen and oxygen atoms in total. The predicted molar refractivity (Wildman–Crippen MR) is 138 cm³/mol. The number of ether oxygens (including phenoxy) is 1. The van der Waals surface area contributed by atoms with Crippen LogP contribution in [0.25, 0.3) is 11.0 Å². The van der Waals surface area contributed by atoms with Crippen LogP contribution < -0.4 is 5.32 Å². The minimum absolute atomic E-state index is 0.0398. The monoisotopic (exact) mass is 523 g/mol. The van der Waals surface area contributed by atoms with E-state index in [0.717, 1.165) is 0 Å². The van der Waals surface area contributed by atoms with Gasteiger partial charge < -0.3 is 19.6 Å². The van der Waals surface area contributed by atoms with Gasteiger partial charge in [-0.05, 0) is 43.3 Å². The van der Waals surface area contributed by atoms with Crippen molar-refractivity contribution in [1.82, 2.24) is 0 Å². The highest BCUT2D eigenvalue weighted by Gasteiger charge is 2.71. The van der Waals surface area contributed by atoms with Gasteiger partial charge in [0.2, 0.25) is 23.1 Å². The molecule has 39 heavy (non-hydrogen) atoms. The SMILES string of the molecule is CC(=O)c1ccc(NC(=O)C2C(c3cc4ccccc4o3)OC3(C(=O)c4ccccc4C3=O)C2C(=O)O)cc1. The van der Waals surface area contributed by atoms with Crippen LogP contribution in [0.15, 0.2) is 83.3 Å². The van der Waals surface area contributed by atoms with Gasteiger partial charge in [-0.2, -0.15) is 0 Å². The summed E-state index contributed by atoms with van der Waals surface area (Å²) in [6.45, 7) is 1.41. The molecule has 2 N–H and O–H groups in total. The van der Waals surface area contributed by atoms with Crippen molar-refractivity contribution < 1.29 is 38.2 Å². The second-order valence-electron chi connectivity index (χ2n) is 9.63. The van der Waals surface area contributed by atoms with Crippen LogP contribution in [0.2, 0.25) is 0 Å². The van der Waals surface area contributed by atoms with E-state index in [1.807, 2.05) is 0 Å². The molecule has 4 aromatic rings. The normalized spacial score (nSPS) is 21.3. The molecule has 1 aliphatic carbocycles. The van der Waals surface area contributed by atoms with Gasteiger partial charge in [0, 0.05) is 27.8 Å². The molecule has 1 aromatic heterocycles. The lowest BCUT2D eigenvalue weighted by Crippen LogP contribution is -2.52. The smallest absolute Gasteiger partial charge is 0.311 e. The van der Waals surface area contributed by atoms with Crippen molar-refractivity contribution in [3.63, 3.8) is 0 Å². The van der Waals surface area contributed by atoms with E-state index in [9.17, 15) is 29.1 Å². The van der Waals surface area contributed by atoms with E-state index >= 15 is 0 Å². The summed E-state index contributed by atoms with van der Waals surface area (Å²) >= 11 is 0. The molecule has 2 heterocycles. The maximum Gasteiger partial charge on any atom is 0.311 e. The summed E-state index contributed by atoms with van der Waals surface area (Å²) in [6, 6.07) is 20.7. The third-order valence-electron chi connectivity index (χ3n) is 7.38. The summed E-state index contributed by atoms with van der Waals surface area (Å²) < 4.78 is 12.1. The molecule has 1 aliphatic heterocycles. The molecule has 6 rings (SSSR count). The van der Waals surface area contributed by atoms with Gasteiger partial charge in [-0.3, -0.25) is 24.0 Å². The lowest BCUT2D eigenvalue weighted by atomic mass is 9.75. The van der Waals surface area contributed by atoms with Gasteiger partial charge in [-0.25, -0.2) is 0 Å². The summed E-state index contributed by atoms with van der Waals surface area (Å²) in [7, 11) is 0. The van der Waals surface area contributed by atoms with Crippen molar-refractivity contribution in [2.45, 2.75) is 18.6 Å². The van der Waals surface area contributed by atoms with Gasteiger partial charge in [0.1, 0.15) is 23.4 Å². The van der Waals surface area contributed by atoms with Gasteiger partial charge in [0.05, 0.1) is 5.92 Å². The summed E-state index contributed by atoms with van der Waals surface area (Å²) in [5.41, 5.74) is -1.17. The second kappa shape index (κ2) is 8.85. The first-order valence-corrected chi connectivity index (χ1v) is 12.2. The average Bonchev–Trinajstić information content (AvgIpc) is 3.58. The maximum atomic E-state index is 13.8. The Hall–Kier alpha value is -4.89. The minimum atomic E-state index is -2.44. The van der Waals surface area contributed by atoms with E-state index in [0.29, 0.717) is 22.2 Å². The van der Waals surface area contributed by atoms with Crippen molar-refractivity contribution in [2.75, 3.05) is 5.32 Å². The number of rotatable bonds is 5. The summed E-state index contributed by atoms with van der Waals surface area (Å²) in [5, 5.41) is 13.8. The molecule has 1 fully saturated rings. The fourth-order valence-electron chi connectivity index (χ4n) is 5.55. The number of carboxylic acid groups (broad SMARTS) is 1. The maximum absolute atomic E-state index is 13.8. The summed E-state index contributed by atoms with van der Waals surface area (Å²) in [5.74, 6) is -7.34. The Morgan fingerprint density at radius 3 is 2.08 bits per heavy atom. The highest BCUT2D eigenvalue weighted by molar-refractivity contribution is 6.34. The van der Waals surface area contributed by atoms with E-state index < -0.39 is 47.0 Å². The van der Waals surface area contributed by atoms with Gasteiger partial charge in [-0.15, -0.1) is 0 Å². The van der Waals surface area contributed by atoms with Crippen LogP contribution in [0.3, 0.4) is 0 Å². The predicted octanol–water partition coefficient (Wildman–Crippen LogP) is 4.48. The van der Waals surface area contributed by atoms with Crippen LogP contribution in [0, 0.1) is 11.8 Å². The van der Waals surface area contributed by atoms with Gasteiger partial charge in [-0.1, -0.05) is 42.5 Å². The molecule has 1 amide bonds. The van der Waals surface area contributed by atoms with Crippen molar-refractivity contribution in [1.29, 1.82) is 0 Å². The topological polar surface area (TPSA) is 140 Å². The van der Waals surface area contributed by atoms with Crippen LogP contribution in [0.4, 0.5) is 5.69 Å². The third kappa shape index (κ3) is 3.62. The Morgan fingerprint density at radius 2 is 1.49 bits per heavy atom. The first-order valence-electron chi connectivity index (χ1n) is 12.2. The molecule has 0 saturated carbocycles. The number of fused-ring (bicyclic) bond motifs is 2. The van der Waals surface area contributed by atoms with Crippen LogP contribution in [0.1, 0.15) is 49.9 Å². The van der Waals surface area contributed by atoms with Crippen molar-refractivity contribution >= 4 is 45.9 Å². The quantitative estimate of drug-likeness (QED) is 0.288. The lowest BCUT2D eigenvalue weighted by molar-refractivity contribution is -0.147.